The maximum Gasteiger partial charge on any atom is 0.123 e. The third kappa shape index (κ3) is 4.54. The molecule has 1 aromatic carbocycles. The van der Waals surface area contributed by atoms with Crippen LogP contribution in [0.3, 0.4) is 0 Å². The summed E-state index contributed by atoms with van der Waals surface area (Å²) in [4.78, 5) is 2.29. The van der Waals surface area contributed by atoms with E-state index in [1.54, 1.807) is 12.1 Å². The normalized spacial score (nSPS) is 21.9. The molecule has 2 unspecified atom stereocenters. The molecule has 1 aliphatic rings. The van der Waals surface area contributed by atoms with Gasteiger partial charge in [0.15, 0.2) is 0 Å². The van der Waals surface area contributed by atoms with Gasteiger partial charge in [0.05, 0.1) is 12.7 Å². The molecule has 4 heteroatoms. The molecule has 2 atom stereocenters. The summed E-state index contributed by atoms with van der Waals surface area (Å²) in [5.74, 6) is -0.168. The number of likely N-dealkylation sites (N-methyl/N-ethyl adjacent to an activating group) is 1. The average Bonchev–Trinajstić information content (AvgIpc) is 2.43. The molecule has 2 rings (SSSR count). The van der Waals surface area contributed by atoms with Crippen molar-refractivity contribution in [1.29, 1.82) is 0 Å². The predicted octanol–water partition coefficient (Wildman–Crippen LogP) is 2.07. The summed E-state index contributed by atoms with van der Waals surface area (Å²) in [7, 11) is 2.12. The molecule has 0 aliphatic carbocycles. The SMILES string of the molecule is CCCNC(Cc1cccc(F)c1)C1CN(C)CCO1. The number of hydrogen-bond acceptors (Lipinski definition) is 3. The second-order valence-corrected chi connectivity index (χ2v) is 5.57. The van der Waals surface area contributed by atoms with Gasteiger partial charge in [-0.2, -0.15) is 0 Å². The molecule has 0 amide bonds. The highest BCUT2D eigenvalue weighted by atomic mass is 19.1. The molecule has 112 valence electrons. The van der Waals surface area contributed by atoms with E-state index in [9.17, 15) is 4.39 Å². The standard InChI is InChI=1S/C16H25FN2O/c1-3-7-18-15(16-12-19(2)8-9-20-16)11-13-5-4-6-14(17)10-13/h4-6,10,15-16,18H,3,7-9,11-12H2,1-2H3. The molecular formula is C16H25FN2O. The van der Waals surface area contributed by atoms with Crippen LogP contribution in [0.25, 0.3) is 0 Å². The third-order valence-electron chi connectivity index (χ3n) is 3.75. The number of benzene rings is 1. The molecular weight excluding hydrogens is 255 g/mol. The van der Waals surface area contributed by atoms with Crippen molar-refractivity contribution in [3.05, 3.63) is 35.6 Å². The van der Waals surface area contributed by atoms with E-state index in [0.717, 1.165) is 44.6 Å². The highest BCUT2D eigenvalue weighted by Crippen LogP contribution is 2.14. The van der Waals surface area contributed by atoms with E-state index in [2.05, 4.69) is 24.2 Å². The van der Waals surface area contributed by atoms with Crippen molar-refractivity contribution in [3.8, 4) is 0 Å². The number of halogens is 1. The van der Waals surface area contributed by atoms with Crippen molar-refractivity contribution in [3.63, 3.8) is 0 Å². The van der Waals surface area contributed by atoms with Gasteiger partial charge in [-0.05, 0) is 44.1 Å². The molecule has 0 saturated carbocycles. The van der Waals surface area contributed by atoms with Crippen LogP contribution in [0.1, 0.15) is 18.9 Å². The Bertz CT molecular complexity index is 413. The quantitative estimate of drug-likeness (QED) is 0.863. The summed E-state index contributed by atoms with van der Waals surface area (Å²) in [6.45, 7) is 5.80. The van der Waals surface area contributed by atoms with Crippen LogP contribution in [0.5, 0.6) is 0 Å². The zero-order valence-corrected chi connectivity index (χ0v) is 12.4. The van der Waals surface area contributed by atoms with Gasteiger partial charge in [0, 0.05) is 19.1 Å². The Morgan fingerprint density at radius 2 is 2.35 bits per heavy atom. The number of nitrogens with one attached hydrogen (secondary N) is 1. The number of nitrogens with zero attached hydrogens (tertiary/aromatic N) is 1. The second kappa shape index (κ2) is 7.72. The summed E-state index contributed by atoms with van der Waals surface area (Å²) in [5, 5.41) is 3.55. The Hall–Kier alpha value is -0.970. The van der Waals surface area contributed by atoms with Crippen molar-refractivity contribution in [2.75, 3.05) is 33.3 Å². The highest BCUT2D eigenvalue weighted by molar-refractivity contribution is 5.18. The zero-order valence-electron chi connectivity index (χ0n) is 12.4. The van der Waals surface area contributed by atoms with Crippen LogP contribution in [-0.2, 0) is 11.2 Å². The molecule has 1 saturated heterocycles. The van der Waals surface area contributed by atoms with Crippen LogP contribution in [0.2, 0.25) is 0 Å². The summed E-state index contributed by atoms with van der Waals surface area (Å²) < 4.78 is 19.2. The van der Waals surface area contributed by atoms with Gasteiger partial charge in [0.25, 0.3) is 0 Å². The number of morpholine rings is 1. The molecule has 1 aromatic rings. The Morgan fingerprint density at radius 1 is 1.50 bits per heavy atom. The summed E-state index contributed by atoms with van der Waals surface area (Å²) in [5.41, 5.74) is 1.02. The number of hydrogen-bond donors (Lipinski definition) is 1. The summed E-state index contributed by atoms with van der Waals surface area (Å²) in [6, 6.07) is 7.10. The molecule has 20 heavy (non-hydrogen) atoms. The lowest BCUT2D eigenvalue weighted by atomic mass is 9.99. The fraction of sp³-hybridized carbons (Fsp3) is 0.625. The number of rotatable bonds is 6. The molecule has 0 spiro atoms. The van der Waals surface area contributed by atoms with Crippen molar-refractivity contribution >= 4 is 0 Å². The van der Waals surface area contributed by atoms with Gasteiger partial charge in [0.2, 0.25) is 0 Å². The fourth-order valence-corrected chi connectivity index (χ4v) is 2.64. The lowest BCUT2D eigenvalue weighted by Gasteiger charge is -2.35. The Kier molecular flexibility index (Phi) is 5.95. The van der Waals surface area contributed by atoms with Crippen molar-refractivity contribution in [2.45, 2.75) is 31.9 Å². The first-order chi connectivity index (χ1) is 9.69. The third-order valence-corrected chi connectivity index (χ3v) is 3.75. The van der Waals surface area contributed by atoms with E-state index in [0.29, 0.717) is 0 Å². The zero-order chi connectivity index (χ0) is 14.4. The van der Waals surface area contributed by atoms with Crippen LogP contribution in [0.15, 0.2) is 24.3 Å². The van der Waals surface area contributed by atoms with Gasteiger partial charge in [-0.15, -0.1) is 0 Å². The summed E-state index contributed by atoms with van der Waals surface area (Å²) in [6.07, 6.45) is 2.06. The van der Waals surface area contributed by atoms with Gasteiger partial charge in [-0.1, -0.05) is 19.1 Å². The highest BCUT2D eigenvalue weighted by Gasteiger charge is 2.26. The topological polar surface area (TPSA) is 24.5 Å². The lowest BCUT2D eigenvalue weighted by molar-refractivity contribution is -0.0383. The predicted molar refractivity (Wildman–Crippen MR) is 79.4 cm³/mol. The molecule has 0 radical (unpaired) electrons. The molecule has 3 nitrogen and oxygen atoms in total. The maximum absolute atomic E-state index is 13.3. The molecule has 1 aliphatic heterocycles. The lowest BCUT2D eigenvalue weighted by Crippen LogP contribution is -2.52. The van der Waals surface area contributed by atoms with E-state index in [1.807, 2.05) is 6.07 Å². The molecule has 1 heterocycles. The van der Waals surface area contributed by atoms with E-state index in [-0.39, 0.29) is 18.0 Å². The van der Waals surface area contributed by atoms with Crippen LogP contribution < -0.4 is 5.32 Å². The minimum Gasteiger partial charge on any atom is -0.374 e. The van der Waals surface area contributed by atoms with Gasteiger partial charge in [-0.25, -0.2) is 4.39 Å². The fourth-order valence-electron chi connectivity index (χ4n) is 2.64. The van der Waals surface area contributed by atoms with Crippen molar-refractivity contribution in [2.24, 2.45) is 0 Å². The first kappa shape index (κ1) is 15.4. The van der Waals surface area contributed by atoms with Gasteiger partial charge >= 0.3 is 0 Å². The molecule has 1 N–H and O–H groups in total. The van der Waals surface area contributed by atoms with E-state index >= 15 is 0 Å². The molecule has 1 fully saturated rings. The van der Waals surface area contributed by atoms with Crippen molar-refractivity contribution in [1.82, 2.24) is 10.2 Å². The van der Waals surface area contributed by atoms with E-state index < -0.39 is 0 Å². The van der Waals surface area contributed by atoms with Crippen LogP contribution >= 0.6 is 0 Å². The first-order valence-electron chi connectivity index (χ1n) is 7.47. The van der Waals surface area contributed by atoms with Gasteiger partial charge in [-0.3, -0.25) is 0 Å². The second-order valence-electron chi connectivity index (χ2n) is 5.57. The minimum atomic E-state index is -0.168. The number of ether oxygens (including phenoxy) is 1. The van der Waals surface area contributed by atoms with E-state index in [4.69, 9.17) is 4.74 Å². The van der Waals surface area contributed by atoms with Gasteiger partial charge < -0.3 is 15.0 Å². The van der Waals surface area contributed by atoms with Gasteiger partial charge in [0.1, 0.15) is 5.82 Å². The minimum absolute atomic E-state index is 0.168. The monoisotopic (exact) mass is 280 g/mol. The maximum atomic E-state index is 13.3. The molecule has 0 aromatic heterocycles. The van der Waals surface area contributed by atoms with Crippen LogP contribution in [0, 0.1) is 5.82 Å². The Labute approximate surface area is 121 Å². The summed E-state index contributed by atoms with van der Waals surface area (Å²) >= 11 is 0. The smallest absolute Gasteiger partial charge is 0.123 e. The molecule has 0 bridgehead atoms. The van der Waals surface area contributed by atoms with E-state index in [1.165, 1.54) is 6.07 Å². The first-order valence-corrected chi connectivity index (χ1v) is 7.47. The Balaban J connectivity index is 2.02. The average molecular weight is 280 g/mol. The van der Waals surface area contributed by atoms with Crippen LogP contribution in [0.4, 0.5) is 4.39 Å². The van der Waals surface area contributed by atoms with Crippen molar-refractivity contribution < 1.29 is 9.13 Å². The van der Waals surface area contributed by atoms with Crippen LogP contribution in [-0.4, -0.2) is 50.3 Å². The largest absolute Gasteiger partial charge is 0.374 e. The Morgan fingerprint density at radius 3 is 3.05 bits per heavy atom.